The summed E-state index contributed by atoms with van der Waals surface area (Å²) in [5.74, 6) is 1.08. The number of esters is 1. The largest absolute Gasteiger partial charge is 0.466 e. The summed E-state index contributed by atoms with van der Waals surface area (Å²) in [7, 11) is 0. The third-order valence-electron chi connectivity index (χ3n) is 7.16. The summed E-state index contributed by atoms with van der Waals surface area (Å²) >= 11 is 1.48. The number of nitrogens with zero attached hydrogens (tertiary/aromatic N) is 4. The van der Waals surface area contributed by atoms with Crippen molar-refractivity contribution in [1.82, 2.24) is 19.7 Å². The van der Waals surface area contributed by atoms with Gasteiger partial charge < -0.3 is 9.64 Å². The van der Waals surface area contributed by atoms with Crippen molar-refractivity contribution in [2.24, 2.45) is 5.92 Å². The molecular weight excluding hydrogens is 460 g/mol. The molecule has 1 saturated carbocycles. The molecule has 2 heterocycles. The van der Waals surface area contributed by atoms with Gasteiger partial charge in [-0.05, 0) is 43.6 Å². The van der Waals surface area contributed by atoms with E-state index in [-0.39, 0.29) is 23.2 Å². The molecule has 0 bridgehead atoms. The van der Waals surface area contributed by atoms with Crippen molar-refractivity contribution in [3.63, 3.8) is 0 Å². The molecule has 1 aliphatic carbocycles. The fraction of sp³-hybridized carbons (Fsp3) is 0.630. The van der Waals surface area contributed by atoms with E-state index < -0.39 is 0 Å². The van der Waals surface area contributed by atoms with Crippen molar-refractivity contribution in [1.29, 1.82) is 0 Å². The van der Waals surface area contributed by atoms with Crippen molar-refractivity contribution in [3.05, 3.63) is 29.8 Å². The third-order valence-corrected chi connectivity index (χ3v) is 8.08. The first-order valence-electron chi connectivity index (χ1n) is 12.9. The van der Waals surface area contributed by atoms with Gasteiger partial charge in [-0.2, -0.15) is 0 Å². The standard InChI is InChI=1S/C27H38N4O3S/c1-5-34-25(33)20-14-16-30(17-15-20)23(32)18-35-26-29-28-24(31(26)22-8-6-7-9-22)19-10-12-21(13-11-19)27(2,3)4/h10-13,20,22H,5-9,14-18H2,1-4H3. The normalized spacial score (nSPS) is 17.7. The maximum Gasteiger partial charge on any atom is 0.309 e. The van der Waals surface area contributed by atoms with Crippen molar-refractivity contribution < 1.29 is 14.3 Å². The molecule has 0 atom stereocenters. The zero-order chi connectivity index (χ0) is 25.0. The van der Waals surface area contributed by atoms with Gasteiger partial charge in [-0.25, -0.2) is 0 Å². The molecule has 35 heavy (non-hydrogen) atoms. The summed E-state index contributed by atoms with van der Waals surface area (Å²) in [6.45, 7) is 10.1. The molecule has 1 aromatic carbocycles. The Hall–Kier alpha value is -2.35. The minimum absolute atomic E-state index is 0.0920. The van der Waals surface area contributed by atoms with E-state index in [9.17, 15) is 9.59 Å². The second kappa shape index (κ2) is 11.1. The maximum atomic E-state index is 12.9. The lowest BCUT2D eigenvalue weighted by molar-refractivity contribution is -0.151. The summed E-state index contributed by atoms with van der Waals surface area (Å²) in [5.41, 5.74) is 2.46. The molecule has 1 aromatic heterocycles. The zero-order valence-electron chi connectivity index (χ0n) is 21.5. The summed E-state index contributed by atoms with van der Waals surface area (Å²) in [6, 6.07) is 9.02. The number of rotatable bonds is 7. The lowest BCUT2D eigenvalue weighted by Crippen LogP contribution is -2.41. The number of amides is 1. The first kappa shape index (κ1) is 25.7. The van der Waals surface area contributed by atoms with E-state index in [1.54, 1.807) is 0 Å². The number of carbonyl (C=O) groups excluding carboxylic acids is 2. The Bertz CT molecular complexity index is 1010. The van der Waals surface area contributed by atoms with E-state index in [0.29, 0.717) is 44.3 Å². The molecule has 0 radical (unpaired) electrons. The number of benzene rings is 1. The highest BCUT2D eigenvalue weighted by molar-refractivity contribution is 7.99. The average Bonchev–Trinajstić information content (AvgIpc) is 3.52. The number of hydrogen-bond acceptors (Lipinski definition) is 6. The highest BCUT2D eigenvalue weighted by atomic mass is 32.2. The quantitative estimate of drug-likeness (QED) is 0.383. The van der Waals surface area contributed by atoms with Gasteiger partial charge in [0.15, 0.2) is 11.0 Å². The Kier molecular flexibility index (Phi) is 8.19. The molecule has 1 saturated heterocycles. The number of ether oxygens (including phenoxy) is 1. The van der Waals surface area contributed by atoms with Gasteiger partial charge in [0, 0.05) is 24.7 Å². The van der Waals surface area contributed by atoms with Crippen LogP contribution in [0.15, 0.2) is 29.4 Å². The molecule has 2 fully saturated rings. The van der Waals surface area contributed by atoms with E-state index in [4.69, 9.17) is 4.74 Å². The average molecular weight is 499 g/mol. The van der Waals surface area contributed by atoms with Gasteiger partial charge in [-0.1, -0.05) is 69.6 Å². The van der Waals surface area contributed by atoms with E-state index in [1.807, 2.05) is 11.8 Å². The monoisotopic (exact) mass is 498 g/mol. The van der Waals surface area contributed by atoms with Crippen molar-refractivity contribution in [2.75, 3.05) is 25.4 Å². The summed E-state index contributed by atoms with van der Waals surface area (Å²) in [4.78, 5) is 26.8. The molecule has 1 amide bonds. The van der Waals surface area contributed by atoms with E-state index in [2.05, 4.69) is 59.8 Å². The fourth-order valence-electron chi connectivity index (χ4n) is 5.03. The van der Waals surface area contributed by atoms with Crippen LogP contribution in [0.3, 0.4) is 0 Å². The van der Waals surface area contributed by atoms with Crippen LogP contribution in [0, 0.1) is 5.92 Å². The fourth-order valence-corrected chi connectivity index (χ4v) is 5.93. The number of carbonyl (C=O) groups is 2. The summed E-state index contributed by atoms with van der Waals surface area (Å²) in [5, 5.41) is 9.92. The van der Waals surface area contributed by atoms with E-state index in [0.717, 1.165) is 29.4 Å². The highest BCUT2D eigenvalue weighted by Gasteiger charge is 2.29. The third kappa shape index (κ3) is 6.08. The SMILES string of the molecule is CCOC(=O)C1CCN(C(=O)CSc2nnc(-c3ccc(C(C)(C)C)cc3)n2C2CCCC2)CC1. The Morgan fingerprint density at radius 2 is 1.69 bits per heavy atom. The Balaban J connectivity index is 1.44. The minimum Gasteiger partial charge on any atom is -0.466 e. The van der Waals surface area contributed by atoms with Gasteiger partial charge in [0.25, 0.3) is 0 Å². The van der Waals surface area contributed by atoms with Crippen molar-refractivity contribution in [2.45, 2.75) is 82.8 Å². The lowest BCUT2D eigenvalue weighted by Gasteiger charge is -2.30. The molecule has 8 heteroatoms. The first-order chi connectivity index (χ1) is 16.8. The molecule has 1 aliphatic heterocycles. The number of aromatic nitrogens is 3. The molecule has 2 aromatic rings. The molecule has 4 rings (SSSR count). The van der Waals surface area contributed by atoms with Crippen LogP contribution in [0.5, 0.6) is 0 Å². The molecule has 0 N–H and O–H groups in total. The molecule has 190 valence electrons. The molecule has 0 spiro atoms. The second-order valence-electron chi connectivity index (χ2n) is 10.6. The van der Waals surface area contributed by atoms with Crippen LogP contribution in [0.1, 0.15) is 77.8 Å². The van der Waals surface area contributed by atoms with Gasteiger partial charge in [0.05, 0.1) is 18.3 Å². The predicted octanol–water partition coefficient (Wildman–Crippen LogP) is 5.25. The smallest absolute Gasteiger partial charge is 0.309 e. The van der Waals surface area contributed by atoms with Gasteiger partial charge in [-0.3, -0.25) is 14.2 Å². The molecular formula is C27H38N4O3S. The minimum atomic E-state index is -0.137. The van der Waals surface area contributed by atoms with Gasteiger partial charge >= 0.3 is 5.97 Å². The van der Waals surface area contributed by atoms with Crippen LogP contribution in [-0.2, 0) is 19.7 Å². The van der Waals surface area contributed by atoms with Gasteiger partial charge in [0.1, 0.15) is 0 Å². The predicted molar refractivity (Wildman–Crippen MR) is 138 cm³/mol. The van der Waals surface area contributed by atoms with Crippen LogP contribution < -0.4 is 0 Å². The molecule has 7 nitrogen and oxygen atoms in total. The van der Waals surface area contributed by atoms with Gasteiger partial charge in [0.2, 0.25) is 5.91 Å². The van der Waals surface area contributed by atoms with Gasteiger partial charge in [-0.15, -0.1) is 10.2 Å². The van der Waals surface area contributed by atoms with Crippen LogP contribution >= 0.6 is 11.8 Å². The Morgan fingerprint density at radius 1 is 1.03 bits per heavy atom. The lowest BCUT2D eigenvalue weighted by atomic mass is 9.86. The summed E-state index contributed by atoms with van der Waals surface area (Å²) in [6.07, 6.45) is 6.00. The van der Waals surface area contributed by atoms with E-state index >= 15 is 0 Å². The van der Waals surface area contributed by atoms with Crippen LogP contribution in [0.4, 0.5) is 0 Å². The van der Waals surface area contributed by atoms with Crippen LogP contribution in [0.2, 0.25) is 0 Å². The van der Waals surface area contributed by atoms with Crippen molar-refractivity contribution in [3.8, 4) is 11.4 Å². The van der Waals surface area contributed by atoms with E-state index in [1.165, 1.54) is 30.2 Å². The highest BCUT2D eigenvalue weighted by Crippen LogP contribution is 2.37. The van der Waals surface area contributed by atoms with Crippen LogP contribution in [-0.4, -0.2) is 57.0 Å². The number of thioether (sulfide) groups is 1. The van der Waals surface area contributed by atoms with Crippen LogP contribution in [0.25, 0.3) is 11.4 Å². The first-order valence-corrected chi connectivity index (χ1v) is 13.9. The Morgan fingerprint density at radius 3 is 2.29 bits per heavy atom. The molecule has 2 aliphatic rings. The second-order valence-corrected chi connectivity index (χ2v) is 11.6. The molecule has 0 unspecified atom stereocenters. The Labute approximate surface area is 213 Å². The van der Waals surface area contributed by atoms with Crippen molar-refractivity contribution >= 4 is 23.6 Å². The number of likely N-dealkylation sites (tertiary alicyclic amines) is 1. The summed E-state index contributed by atoms with van der Waals surface area (Å²) < 4.78 is 7.41. The number of piperidine rings is 1. The zero-order valence-corrected chi connectivity index (χ0v) is 22.3. The number of hydrogen-bond donors (Lipinski definition) is 0. The maximum absolute atomic E-state index is 12.9. The topological polar surface area (TPSA) is 77.3 Å².